The van der Waals surface area contributed by atoms with E-state index in [1.165, 1.54) is 0 Å². The number of hydrogen-bond acceptors (Lipinski definition) is 1. The second-order valence-electron chi connectivity index (χ2n) is 0.557. The molecular formula is C2H3INORh-. The number of hydrogen-bond donors (Lipinski definition) is 0. The first-order chi connectivity index (χ1) is 2.27. The molecule has 2 nitrogen and oxygen atoms in total. The molecule has 0 aromatic carbocycles. The molecule has 0 saturated carbocycles. The minimum atomic E-state index is -0.509. The maximum Gasteiger partial charge on any atom is 0.0586 e. The van der Waals surface area contributed by atoms with Gasteiger partial charge in [-0.2, -0.15) is 0 Å². The van der Waals surface area contributed by atoms with Crippen LogP contribution in [0.5, 0.6) is 0 Å². The fraction of sp³-hybridized carbons (Fsp3) is 0.500. The van der Waals surface area contributed by atoms with Crippen LogP contribution >= 0.6 is 22.6 Å². The second-order valence-corrected chi connectivity index (χ2v) is 1.32. The summed E-state index contributed by atoms with van der Waals surface area (Å²) in [4.78, 5) is 9.47. The van der Waals surface area contributed by atoms with Crippen LogP contribution in [0.25, 0.3) is 5.73 Å². The smallest absolute Gasteiger partial charge is 0.0586 e. The van der Waals surface area contributed by atoms with Crippen LogP contribution in [0, 0.1) is 0 Å². The molecule has 0 aromatic heterocycles. The first-order valence-corrected chi connectivity index (χ1v) is 2.60. The molecule has 0 aliphatic rings. The minimum Gasteiger partial charge on any atom is -0.667 e. The van der Waals surface area contributed by atoms with E-state index in [9.17, 15) is 4.79 Å². The molecule has 0 spiro atoms. The Morgan fingerprint density at radius 2 is 2.00 bits per heavy atom. The molecule has 39 valence electrons. The summed E-state index contributed by atoms with van der Waals surface area (Å²) in [6, 6.07) is 0. The van der Waals surface area contributed by atoms with Crippen LogP contribution in [-0.4, -0.2) is 10.3 Å². The normalized spacial score (nSPS) is 6.17. The van der Waals surface area contributed by atoms with Gasteiger partial charge in [-0.3, -0.25) is 0 Å². The largest absolute Gasteiger partial charge is 0.667 e. The van der Waals surface area contributed by atoms with Gasteiger partial charge in [-0.25, -0.2) is 0 Å². The molecular weight excluding hydrogens is 284 g/mol. The van der Waals surface area contributed by atoms with E-state index in [-0.39, 0.29) is 19.5 Å². The van der Waals surface area contributed by atoms with Crippen molar-refractivity contribution in [1.29, 1.82) is 0 Å². The summed E-state index contributed by atoms with van der Waals surface area (Å²) in [5, 5.41) is 0. The number of nitrogens with one attached hydrogen (secondary N) is 1. The second kappa shape index (κ2) is 5.82. The molecule has 0 aliphatic carbocycles. The van der Waals surface area contributed by atoms with Gasteiger partial charge in [0, 0.05) is 23.9 Å². The van der Waals surface area contributed by atoms with Crippen molar-refractivity contribution in [2.75, 3.05) is 4.43 Å². The molecule has 0 rings (SSSR count). The number of halogens is 1. The molecule has 1 N–H and O–H groups in total. The van der Waals surface area contributed by atoms with Crippen molar-refractivity contribution in [2.24, 2.45) is 0 Å². The van der Waals surface area contributed by atoms with Gasteiger partial charge in [0.1, 0.15) is 0 Å². The summed E-state index contributed by atoms with van der Waals surface area (Å²) in [5.74, 6) is -0.509. The van der Waals surface area contributed by atoms with Crippen LogP contribution in [0.1, 0.15) is 0 Å². The Morgan fingerprint density at radius 3 is 2.00 bits per heavy atom. The van der Waals surface area contributed by atoms with E-state index in [2.05, 4.69) is 0 Å². The van der Waals surface area contributed by atoms with Crippen LogP contribution in [0.2, 0.25) is 0 Å². The first-order valence-electron chi connectivity index (χ1n) is 1.07. The first kappa shape index (κ1) is 9.95. The summed E-state index contributed by atoms with van der Waals surface area (Å²) in [5.41, 5.74) is 6.18. The van der Waals surface area contributed by atoms with Crippen LogP contribution in [0.4, 0.5) is 0 Å². The van der Waals surface area contributed by atoms with Gasteiger partial charge < -0.3 is 10.5 Å². The number of carbonyl (C=O) groups excluding carboxylic acids is 1. The quantitative estimate of drug-likeness (QED) is 0.403. The molecule has 6 heavy (non-hydrogen) atoms. The van der Waals surface area contributed by atoms with E-state index in [0.717, 1.165) is 0 Å². The molecule has 0 unspecified atom stereocenters. The van der Waals surface area contributed by atoms with Gasteiger partial charge >= 0.3 is 0 Å². The predicted octanol–water partition coefficient (Wildman–Crippen LogP) is 0.998. The molecule has 0 fully saturated rings. The Bertz CT molecular complexity index is 48.8. The molecule has 0 saturated heterocycles. The predicted molar refractivity (Wildman–Crippen MR) is 28.2 cm³/mol. The summed E-state index contributed by atoms with van der Waals surface area (Å²) in [7, 11) is 0. The van der Waals surface area contributed by atoms with Crippen LogP contribution in [-0.2, 0) is 24.3 Å². The number of amides is 1. The summed E-state index contributed by atoms with van der Waals surface area (Å²) >= 11 is 1.84. The zero-order valence-electron chi connectivity index (χ0n) is 2.83. The summed E-state index contributed by atoms with van der Waals surface area (Å²) in [6.07, 6.45) is 0. The van der Waals surface area contributed by atoms with Crippen molar-refractivity contribution >= 4 is 28.5 Å². The topological polar surface area (TPSA) is 40.9 Å². The van der Waals surface area contributed by atoms with Crippen LogP contribution in [0.3, 0.4) is 0 Å². The Hall–Kier alpha value is 0.823. The zero-order valence-corrected chi connectivity index (χ0v) is 6.62. The SMILES string of the molecule is [NH-]C(=O)CI.[Rh]. The third-order valence-corrected chi connectivity index (χ3v) is 0.814. The molecule has 1 amide bonds. The maximum absolute atomic E-state index is 9.47. The van der Waals surface area contributed by atoms with E-state index in [1.807, 2.05) is 22.6 Å². The number of rotatable bonds is 1. The van der Waals surface area contributed by atoms with Crippen molar-refractivity contribution < 1.29 is 24.3 Å². The maximum atomic E-state index is 9.47. The summed E-state index contributed by atoms with van der Waals surface area (Å²) < 4.78 is 0.303. The molecule has 4 heteroatoms. The van der Waals surface area contributed by atoms with Crippen LogP contribution in [0.15, 0.2) is 0 Å². The fourth-order valence-electron chi connectivity index (χ4n) is 0. The van der Waals surface area contributed by atoms with Gasteiger partial charge in [0.2, 0.25) is 0 Å². The van der Waals surface area contributed by atoms with E-state index in [1.54, 1.807) is 0 Å². The molecule has 0 atom stereocenters. The van der Waals surface area contributed by atoms with E-state index in [4.69, 9.17) is 5.73 Å². The van der Waals surface area contributed by atoms with Gasteiger partial charge in [-0.1, -0.05) is 22.6 Å². The molecule has 0 aliphatic heterocycles. The van der Waals surface area contributed by atoms with Gasteiger partial charge in [-0.05, 0) is 0 Å². The minimum absolute atomic E-state index is 0. The Kier molecular flexibility index (Phi) is 9.65. The Morgan fingerprint density at radius 1 is 1.83 bits per heavy atom. The van der Waals surface area contributed by atoms with Crippen molar-refractivity contribution in [3.8, 4) is 0 Å². The number of alkyl halides is 1. The third kappa shape index (κ3) is 8.85. The number of carbonyl (C=O) groups is 1. The van der Waals surface area contributed by atoms with Gasteiger partial charge in [0.15, 0.2) is 0 Å². The average Bonchev–Trinajstić information content (AvgIpc) is 1.38. The van der Waals surface area contributed by atoms with E-state index in [0.29, 0.717) is 4.43 Å². The molecule has 0 heterocycles. The molecule has 0 aromatic rings. The molecule has 1 radical (unpaired) electrons. The molecule has 0 bridgehead atoms. The monoisotopic (exact) mass is 287 g/mol. The van der Waals surface area contributed by atoms with Gasteiger partial charge in [-0.15, -0.1) is 0 Å². The van der Waals surface area contributed by atoms with Crippen LogP contribution < -0.4 is 0 Å². The van der Waals surface area contributed by atoms with E-state index >= 15 is 0 Å². The third-order valence-electron chi connectivity index (χ3n) is 0.121. The van der Waals surface area contributed by atoms with E-state index < -0.39 is 5.91 Å². The van der Waals surface area contributed by atoms with Crippen molar-refractivity contribution in [3.63, 3.8) is 0 Å². The Labute approximate surface area is 62.8 Å². The van der Waals surface area contributed by atoms with Crippen molar-refractivity contribution in [1.82, 2.24) is 0 Å². The van der Waals surface area contributed by atoms with Gasteiger partial charge in [0.25, 0.3) is 0 Å². The Balaban J connectivity index is 0. The van der Waals surface area contributed by atoms with Gasteiger partial charge in [0.05, 0.1) is 5.91 Å². The zero-order chi connectivity index (χ0) is 4.28. The van der Waals surface area contributed by atoms with Crippen molar-refractivity contribution in [2.45, 2.75) is 0 Å². The summed E-state index contributed by atoms with van der Waals surface area (Å²) in [6.45, 7) is 0. The fourth-order valence-corrected chi connectivity index (χ4v) is 0. The standard InChI is InChI=1S/C2H4INO.Rh/c3-1-2(4)5;/h1H2,(H2,4,5);/p-1. The average molecular weight is 287 g/mol. The van der Waals surface area contributed by atoms with Crippen molar-refractivity contribution in [3.05, 3.63) is 5.73 Å².